The Morgan fingerprint density at radius 1 is 1.06 bits per heavy atom. The van der Waals surface area contributed by atoms with Crippen molar-refractivity contribution in [1.29, 1.82) is 0 Å². The van der Waals surface area contributed by atoms with Gasteiger partial charge in [0.1, 0.15) is 0 Å². The predicted octanol–water partition coefficient (Wildman–Crippen LogP) is 4.15. The van der Waals surface area contributed by atoms with E-state index in [4.69, 9.17) is 17.3 Å². The zero-order chi connectivity index (χ0) is 13.1. The Balaban J connectivity index is 2.10. The molecule has 0 radical (unpaired) electrons. The number of anilines is 2. The minimum Gasteiger partial charge on any atom is -0.397 e. The molecular weight excluding hydrogens is 244 g/mol. The molecule has 0 aliphatic rings. The van der Waals surface area contributed by atoms with Gasteiger partial charge in [-0.1, -0.05) is 23.7 Å². The van der Waals surface area contributed by atoms with Gasteiger partial charge in [0, 0.05) is 11.6 Å². The van der Waals surface area contributed by atoms with E-state index in [0.29, 0.717) is 0 Å². The van der Waals surface area contributed by atoms with Crippen molar-refractivity contribution in [1.82, 2.24) is 0 Å². The Labute approximate surface area is 113 Å². The van der Waals surface area contributed by atoms with Crippen molar-refractivity contribution in [3.05, 3.63) is 58.1 Å². The van der Waals surface area contributed by atoms with Gasteiger partial charge in [0.25, 0.3) is 0 Å². The van der Waals surface area contributed by atoms with Crippen LogP contribution in [0.5, 0.6) is 0 Å². The Kier molecular flexibility index (Phi) is 3.78. The number of aryl methyl sites for hydroxylation is 2. The van der Waals surface area contributed by atoms with Crippen molar-refractivity contribution in [2.45, 2.75) is 20.4 Å². The molecule has 2 rings (SSSR count). The number of nitrogens with two attached hydrogens (primary N) is 1. The lowest BCUT2D eigenvalue weighted by atomic mass is 10.1. The molecule has 2 aromatic rings. The lowest BCUT2D eigenvalue weighted by molar-refractivity contribution is 1.15. The van der Waals surface area contributed by atoms with Crippen LogP contribution in [0.15, 0.2) is 36.4 Å². The van der Waals surface area contributed by atoms with Gasteiger partial charge in [-0.3, -0.25) is 0 Å². The predicted molar refractivity (Wildman–Crippen MR) is 79.1 cm³/mol. The summed E-state index contributed by atoms with van der Waals surface area (Å²) in [4.78, 5) is 0. The van der Waals surface area contributed by atoms with Crippen LogP contribution >= 0.6 is 11.6 Å². The van der Waals surface area contributed by atoms with Crippen molar-refractivity contribution >= 4 is 23.0 Å². The van der Waals surface area contributed by atoms with Crippen molar-refractivity contribution in [2.24, 2.45) is 0 Å². The first kappa shape index (κ1) is 12.8. The van der Waals surface area contributed by atoms with Crippen LogP contribution in [0.3, 0.4) is 0 Å². The summed E-state index contributed by atoms with van der Waals surface area (Å²) in [6.45, 7) is 4.89. The lowest BCUT2D eigenvalue weighted by Crippen LogP contribution is -2.03. The fourth-order valence-electron chi connectivity index (χ4n) is 1.79. The van der Waals surface area contributed by atoms with E-state index in [1.807, 2.05) is 30.3 Å². The summed E-state index contributed by atoms with van der Waals surface area (Å²) < 4.78 is 0. The Morgan fingerprint density at radius 3 is 2.33 bits per heavy atom. The van der Waals surface area contributed by atoms with Crippen molar-refractivity contribution in [3.8, 4) is 0 Å². The van der Waals surface area contributed by atoms with E-state index in [9.17, 15) is 0 Å². The van der Waals surface area contributed by atoms with E-state index in [2.05, 4.69) is 25.2 Å². The first-order valence-electron chi connectivity index (χ1n) is 5.91. The molecule has 2 aromatic carbocycles. The van der Waals surface area contributed by atoms with Crippen LogP contribution in [0.4, 0.5) is 11.4 Å². The highest BCUT2D eigenvalue weighted by molar-refractivity contribution is 6.30. The number of benzene rings is 2. The monoisotopic (exact) mass is 260 g/mol. The number of hydrogen-bond donors (Lipinski definition) is 2. The average molecular weight is 261 g/mol. The molecule has 94 valence electrons. The summed E-state index contributed by atoms with van der Waals surface area (Å²) in [7, 11) is 0. The van der Waals surface area contributed by atoms with Gasteiger partial charge in [0.05, 0.1) is 11.4 Å². The lowest BCUT2D eigenvalue weighted by Gasteiger charge is -2.12. The molecule has 0 amide bonds. The molecule has 0 spiro atoms. The van der Waals surface area contributed by atoms with Crippen LogP contribution in [0.1, 0.15) is 16.7 Å². The highest BCUT2D eigenvalue weighted by Gasteiger charge is 2.02. The van der Waals surface area contributed by atoms with Crippen molar-refractivity contribution in [2.75, 3.05) is 11.1 Å². The van der Waals surface area contributed by atoms with Crippen LogP contribution in [-0.4, -0.2) is 0 Å². The fraction of sp³-hybridized carbons (Fsp3) is 0.200. The van der Waals surface area contributed by atoms with Gasteiger partial charge < -0.3 is 11.1 Å². The van der Waals surface area contributed by atoms with Gasteiger partial charge in [-0.25, -0.2) is 0 Å². The van der Waals surface area contributed by atoms with E-state index in [1.54, 1.807) is 0 Å². The molecule has 0 atom stereocenters. The first-order valence-corrected chi connectivity index (χ1v) is 6.29. The number of rotatable bonds is 3. The summed E-state index contributed by atoms with van der Waals surface area (Å²) in [5.74, 6) is 0. The summed E-state index contributed by atoms with van der Waals surface area (Å²) >= 11 is 5.85. The smallest absolute Gasteiger partial charge is 0.0579 e. The molecule has 0 fully saturated rings. The van der Waals surface area contributed by atoms with E-state index in [-0.39, 0.29) is 0 Å². The molecule has 3 N–H and O–H groups in total. The van der Waals surface area contributed by atoms with Crippen LogP contribution in [0.25, 0.3) is 0 Å². The zero-order valence-corrected chi connectivity index (χ0v) is 11.4. The van der Waals surface area contributed by atoms with Gasteiger partial charge in [-0.15, -0.1) is 0 Å². The van der Waals surface area contributed by atoms with E-state index in [1.165, 1.54) is 16.7 Å². The fourth-order valence-corrected chi connectivity index (χ4v) is 1.92. The Hall–Kier alpha value is -1.67. The maximum Gasteiger partial charge on any atom is 0.0579 e. The summed E-state index contributed by atoms with van der Waals surface area (Å²) in [5.41, 5.74) is 11.4. The molecule has 0 heterocycles. The minimum absolute atomic E-state index is 0.740. The maximum atomic E-state index is 5.99. The van der Waals surface area contributed by atoms with Gasteiger partial charge >= 0.3 is 0 Å². The number of nitrogen functional groups attached to an aromatic ring is 1. The zero-order valence-electron chi connectivity index (χ0n) is 10.6. The van der Waals surface area contributed by atoms with Crippen LogP contribution in [0.2, 0.25) is 5.02 Å². The SMILES string of the molecule is Cc1cc(N)c(NCc2ccc(Cl)cc2)cc1C. The number of hydrogen-bond acceptors (Lipinski definition) is 2. The molecule has 0 saturated carbocycles. The molecule has 0 aliphatic carbocycles. The molecule has 3 heteroatoms. The molecule has 0 bridgehead atoms. The third-order valence-electron chi connectivity index (χ3n) is 3.06. The number of halogens is 1. The molecular formula is C15H17ClN2. The van der Waals surface area contributed by atoms with Crippen molar-refractivity contribution in [3.63, 3.8) is 0 Å². The molecule has 2 nitrogen and oxygen atoms in total. The van der Waals surface area contributed by atoms with E-state index >= 15 is 0 Å². The van der Waals surface area contributed by atoms with E-state index < -0.39 is 0 Å². The molecule has 0 saturated heterocycles. The topological polar surface area (TPSA) is 38.0 Å². The average Bonchev–Trinajstić information content (AvgIpc) is 2.34. The Bertz CT molecular complexity index is 547. The molecule has 0 unspecified atom stereocenters. The molecule has 18 heavy (non-hydrogen) atoms. The van der Waals surface area contributed by atoms with Crippen LogP contribution < -0.4 is 11.1 Å². The first-order chi connectivity index (χ1) is 8.56. The van der Waals surface area contributed by atoms with Crippen LogP contribution in [0, 0.1) is 13.8 Å². The van der Waals surface area contributed by atoms with Gasteiger partial charge in [-0.2, -0.15) is 0 Å². The van der Waals surface area contributed by atoms with Crippen LogP contribution in [-0.2, 0) is 6.54 Å². The molecule has 0 aromatic heterocycles. The van der Waals surface area contributed by atoms with Gasteiger partial charge in [0.2, 0.25) is 0 Å². The largest absolute Gasteiger partial charge is 0.397 e. The summed E-state index contributed by atoms with van der Waals surface area (Å²) in [6, 6.07) is 11.9. The third kappa shape index (κ3) is 2.96. The second-order valence-corrected chi connectivity index (χ2v) is 4.94. The van der Waals surface area contributed by atoms with Crippen molar-refractivity contribution < 1.29 is 0 Å². The third-order valence-corrected chi connectivity index (χ3v) is 3.31. The van der Waals surface area contributed by atoms with Gasteiger partial charge in [0.15, 0.2) is 0 Å². The quantitative estimate of drug-likeness (QED) is 0.814. The second kappa shape index (κ2) is 5.32. The molecule has 0 aliphatic heterocycles. The Morgan fingerprint density at radius 2 is 1.67 bits per heavy atom. The van der Waals surface area contributed by atoms with Gasteiger partial charge in [-0.05, 0) is 54.8 Å². The highest BCUT2D eigenvalue weighted by atomic mass is 35.5. The summed E-state index contributed by atoms with van der Waals surface area (Å²) in [5, 5.41) is 4.10. The van der Waals surface area contributed by atoms with E-state index in [0.717, 1.165) is 22.9 Å². The summed E-state index contributed by atoms with van der Waals surface area (Å²) in [6.07, 6.45) is 0. The standard InChI is InChI=1S/C15H17ClN2/c1-10-7-14(17)15(8-11(10)2)18-9-12-3-5-13(16)6-4-12/h3-8,18H,9,17H2,1-2H3. The highest BCUT2D eigenvalue weighted by Crippen LogP contribution is 2.23. The normalized spacial score (nSPS) is 10.4. The minimum atomic E-state index is 0.740. The second-order valence-electron chi connectivity index (χ2n) is 4.50. The maximum absolute atomic E-state index is 5.99. The number of nitrogens with one attached hydrogen (secondary N) is 1.